The largest absolute Gasteiger partial charge is 0.493 e. The van der Waals surface area contributed by atoms with Crippen molar-refractivity contribution < 1.29 is 37.3 Å². The molecule has 7 nitrogen and oxygen atoms in total. The smallest absolute Gasteiger partial charge is 0.357 e. The third kappa shape index (κ3) is 5.50. The lowest BCUT2D eigenvalue weighted by atomic mass is 9.87. The number of nitrogens with zero attached hydrogens (tertiary/aromatic N) is 1. The summed E-state index contributed by atoms with van der Waals surface area (Å²) >= 11 is 1.35. The highest BCUT2D eigenvalue weighted by atomic mass is 32.1. The van der Waals surface area contributed by atoms with Crippen LogP contribution in [0.15, 0.2) is 23.6 Å². The van der Waals surface area contributed by atoms with Crippen LogP contribution in [0.25, 0.3) is 0 Å². The summed E-state index contributed by atoms with van der Waals surface area (Å²) < 4.78 is 49.5. The standard InChI is InChI=1S/C23H25F2NO6S/c1-3-29-23(28)18-11-33-22(26-18)19-5-4-16-17(21(31-12(2)27)9-20(16)32-19)10-30-15-7-13(24)6-14(25)8-15/h6-8,11,16-17,19-21H,3-5,9-10H2,1-2H3/t16-,17-,19-,20+,21-/m1/s1. The third-order valence-corrected chi connectivity index (χ3v) is 6.89. The van der Waals surface area contributed by atoms with Gasteiger partial charge in [-0.3, -0.25) is 4.79 Å². The van der Waals surface area contributed by atoms with E-state index in [0.29, 0.717) is 17.8 Å². The van der Waals surface area contributed by atoms with Crippen molar-refractivity contribution >= 4 is 23.3 Å². The Labute approximate surface area is 194 Å². The average Bonchev–Trinajstić information content (AvgIpc) is 3.36. The summed E-state index contributed by atoms with van der Waals surface area (Å²) in [5.74, 6) is -2.36. The Morgan fingerprint density at radius 2 is 1.97 bits per heavy atom. The van der Waals surface area contributed by atoms with Crippen molar-refractivity contribution in [1.82, 2.24) is 4.98 Å². The predicted octanol–water partition coefficient (Wildman–Crippen LogP) is 4.46. The van der Waals surface area contributed by atoms with Gasteiger partial charge in [0.1, 0.15) is 34.6 Å². The quantitative estimate of drug-likeness (QED) is 0.540. The number of carbonyl (C=O) groups is 2. The topological polar surface area (TPSA) is 84.0 Å². The first kappa shape index (κ1) is 23.6. The maximum absolute atomic E-state index is 13.5. The van der Waals surface area contributed by atoms with Crippen molar-refractivity contribution in [2.75, 3.05) is 13.2 Å². The zero-order chi connectivity index (χ0) is 23.5. The van der Waals surface area contributed by atoms with E-state index in [2.05, 4.69) is 4.98 Å². The molecule has 4 rings (SSSR count). The van der Waals surface area contributed by atoms with E-state index >= 15 is 0 Å². The van der Waals surface area contributed by atoms with E-state index in [1.165, 1.54) is 18.3 Å². The Hall–Kier alpha value is -2.59. The maximum atomic E-state index is 13.5. The van der Waals surface area contributed by atoms with Crippen molar-refractivity contribution in [3.8, 4) is 5.75 Å². The summed E-state index contributed by atoms with van der Waals surface area (Å²) in [6, 6.07) is 3.02. The van der Waals surface area contributed by atoms with Gasteiger partial charge in [0, 0.05) is 42.8 Å². The molecule has 0 unspecified atom stereocenters. The Kier molecular flexibility index (Phi) is 7.23. The summed E-state index contributed by atoms with van der Waals surface area (Å²) in [6.07, 6.45) is 1.04. The molecule has 2 heterocycles. The van der Waals surface area contributed by atoms with Crippen LogP contribution in [0.3, 0.4) is 0 Å². The van der Waals surface area contributed by atoms with Gasteiger partial charge in [0.2, 0.25) is 0 Å². The second-order valence-electron chi connectivity index (χ2n) is 8.16. The highest BCUT2D eigenvalue weighted by molar-refractivity contribution is 7.09. The number of rotatable bonds is 7. The van der Waals surface area contributed by atoms with Gasteiger partial charge in [0.25, 0.3) is 0 Å². The Morgan fingerprint density at radius 1 is 1.21 bits per heavy atom. The van der Waals surface area contributed by atoms with Crippen LogP contribution in [-0.4, -0.2) is 42.3 Å². The lowest BCUT2D eigenvalue weighted by molar-refractivity contribution is -0.149. The molecule has 10 heteroatoms. The normalized spacial score (nSPS) is 26.5. The summed E-state index contributed by atoms with van der Waals surface area (Å²) in [5, 5.41) is 2.36. The number of hydrogen-bond donors (Lipinski definition) is 0. The first-order valence-electron chi connectivity index (χ1n) is 10.9. The molecule has 1 saturated heterocycles. The van der Waals surface area contributed by atoms with E-state index in [0.717, 1.165) is 24.6 Å². The first-order valence-corrected chi connectivity index (χ1v) is 11.8. The molecule has 178 valence electrons. The minimum absolute atomic E-state index is 0.0495. The lowest BCUT2D eigenvalue weighted by Gasteiger charge is -2.33. The number of esters is 2. The Bertz CT molecular complexity index is 994. The SMILES string of the molecule is CCOC(=O)c1csc([C@H]2CC[C@@H]3[C@@H](COc4cc(F)cc(F)c4)[C@H](OC(C)=O)C[C@@H]3O2)n1. The zero-order valence-electron chi connectivity index (χ0n) is 18.3. The molecule has 1 aromatic heterocycles. The van der Waals surface area contributed by atoms with Crippen LogP contribution >= 0.6 is 11.3 Å². The monoisotopic (exact) mass is 481 g/mol. The molecule has 0 spiro atoms. The first-order chi connectivity index (χ1) is 15.8. The number of benzene rings is 1. The number of carbonyl (C=O) groups excluding carboxylic acids is 2. The molecule has 0 amide bonds. The average molecular weight is 482 g/mol. The second-order valence-corrected chi connectivity index (χ2v) is 9.05. The maximum Gasteiger partial charge on any atom is 0.357 e. The van der Waals surface area contributed by atoms with Gasteiger partial charge in [-0.2, -0.15) is 0 Å². The second kappa shape index (κ2) is 10.1. The van der Waals surface area contributed by atoms with Crippen LogP contribution in [0.1, 0.15) is 54.7 Å². The van der Waals surface area contributed by atoms with E-state index in [4.69, 9.17) is 18.9 Å². The molecule has 1 saturated carbocycles. The van der Waals surface area contributed by atoms with Gasteiger partial charge in [0.05, 0.1) is 19.3 Å². The predicted molar refractivity (Wildman–Crippen MR) is 114 cm³/mol. The summed E-state index contributed by atoms with van der Waals surface area (Å²) in [6.45, 7) is 3.50. The molecule has 0 radical (unpaired) electrons. The van der Waals surface area contributed by atoms with Gasteiger partial charge in [0.15, 0.2) is 5.69 Å². The van der Waals surface area contributed by atoms with Gasteiger partial charge in [-0.05, 0) is 25.7 Å². The fourth-order valence-electron chi connectivity index (χ4n) is 4.61. The number of thiazole rings is 1. The number of fused-ring (bicyclic) bond motifs is 1. The van der Waals surface area contributed by atoms with Crippen LogP contribution in [-0.2, 0) is 19.0 Å². The Balaban J connectivity index is 1.44. The van der Waals surface area contributed by atoms with Gasteiger partial charge >= 0.3 is 11.9 Å². The van der Waals surface area contributed by atoms with Crippen LogP contribution in [0, 0.1) is 23.5 Å². The third-order valence-electron chi connectivity index (χ3n) is 5.95. The van der Waals surface area contributed by atoms with E-state index in [1.54, 1.807) is 12.3 Å². The van der Waals surface area contributed by atoms with E-state index in [9.17, 15) is 18.4 Å². The lowest BCUT2D eigenvalue weighted by Crippen LogP contribution is -2.33. The zero-order valence-corrected chi connectivity index (χ0v) is 19.1. The van der Waals surface area contributed by atoms with Gasteiger partial charge < -0.3 is 18.9 Å². The van der Waals surface area contributed by atoms with E-state index < -0.39 is 29.7 Å². The van der Waals surface area contributed by atoms with Crippen molar-refractivity contribution in [3.63, 3.8) is 0 Å². The molecule has 2 aromatic rings. The number of halogens is 2. The summed E-state index contributed by atoms with van der Waals surface area (Å²) in [7, 11) is 0. The van der Waals surface area contributed by atoms with Crippen LogP contribution < -0.4 is 4.74 Å². The molecule has 1 aliphatic carbocycles. The molecule has 1 aromatic carbocycles. The Morgan fingerprint density at radius 3 is 2.67 bits per heavy atom. The molecule has 0 bridgehead atoms. The van der Waals surface area contributed by atoms with Crippen molar-refractivity contribution in [1.29, 1.82) is 0 Å². The van der Waals surface area contributed by atoms with Crippen molar-refractivity contribution in [2.24, 2.45) is 11.8 Å². The van der Waals surface area contributed by atoms with Crippen LogP contribution in [0.4, 0.5) is 8.78 Å². The minimum Gasteiger partial charge on any atom is -0.493 e. The molecule has 33 heavy (non-hydrogen) atoms. The van der Waals surface area contributed by atoms with Crippen molar-refractivity contribution in [2.45, 2.75) is 51.4 Å². The molecule has 0 N–H and O–H groups in total. The van der Waals surface area contributed by atoms with E-state index in [1.807, 2.05) is 0 Å². The molecule has 2 fully saturated rings. The summed E-state index contributed by atoms with van der Waals surface area (Å²) in [4.78, 5) is 28.0. The highest BCUT2D eigenvalue weighted by Gasteiger charge is 2.49. The molecule has 2 aliphatic rings. The minimum atomic E-state index is -0.722. The van der Waals surface area contributed by atoms with Gasteiger partial charge in [-0.1, -0.05) is 0 Å². The van der Waals surface area contributed by atoms with Crippen LogP contribution in [0.5, 0.6) is 5.75 Å². The van der Waals surface area contributed by atoms with Gasteiger partial charge in [-0.25, -0.2) is 18.6 Å². The fraction of sp³-hybridized carbons (Fsp3) is 0.522. The molecular weight excluding hydrogens is 456 g/mol. The molecular formula is C23H25F2NO6S. The van der Waals surface area contributed by atoms with Gasteiger partial charge in [-0.15, -0.1) is 11.3 Å². The number of ether oxygens (including phenoxy) is 4. The number of hydrogen-bond acceptors (Lipinski definition) is 8. The molecule has 5 atom stereocenters. The molecule has 1 aliphatic heterocycles. The fourth-order valence-corrected chi connectivity index (χ4v) is 5.47. The number of aromatic nitrogens is 1. The van der Waals surface area contributed by atoms with Crippen molar-refractivity contribution in [3.05, 3.63) is 45.9 Å². The van der Waals surface area contributed by atoms with E-state index in [-0.39, 0.29) is 48.7 Å². The summed E-state index contributed by atoms with van der Waals surface area (Å²) in [5.41, 5.74) is 0.264. The highest BCUT2D eigenvalue weighted by Crippen LogP contribution is 2.47. The van der Waals surface area contributed by atoms with Crippen LogP contribution in [0.2, 0.25) is 0 Å².